The number of nitrogens with zero attached hydrogens (tertiary/aromatic N) is 2. The summed E-state index contributed by atoms with van der Waals surface area (Å²) in [6.07, 6.45) is 5.09. The van der Waals surface area contributed by atoms with Gasteiger partial charge in [-0.1, -0.05) is 0 Å². The lowest BCUT2D eigenvalue weighted by molar-refractivity contribution is -0.384. The number of aryl methyl sites for hydroxylation is 1. The fraction of sp³-hybridized carbons (Fsp3) is 0.278. The van der Waals surface area contributed by atoms with Crippen LogP contribution in [0.25, 0.3) is 0 Å². The van der Waals surface area contributed by atoms with Crippen LogP contribution >= 0.6 is 11.3 Å². The number of anilines is 1. The number of thiophene rings is 1. The Balaban J connectivity index is 1.67. The number of rotatable bonds is 5. The quantitative estimate of drug-likeness (QED) is 0.343. The zero-order chi connectivity index (χ0) is 20.1. The van der Waals surface area contributed by atoms with Crippen molar-refractivity contribution in [1.29, 1.82) is 0 Å². The number of methoxy groups -OCH3 is 1. The van der Waals surface area contributed by atoms with E-state index in [2.05, 4.69) is 15.8 Å². The molecule has 0 unspecified atom stereocenters. The highest BCUT2D eigenvalue weighted by Crippen LogP contribution is 2.38. The van der Waals surface area contributed by atoms with Crippen molar-refractivity contribution in [2.45, 2.75) is 25.7 Å². The number of urea groups is 1. The van der Waals surface area contributed by atoms with Crippen molar-refractivity contribution in [3.8, 4) is 0 Å². The first-order valence-electron chi connectivity index (χ1n) is 8.57. The third-order valence-electron chi connectivity index (χ3n) is 4.27. The van der Waals surface area contributed by atoms with Gasteiger partial charge in [-0.25, -0.2) is 15.0 Å². The van der Waals surface area contributed by atoms with E-state index in [0.717, 1.165) is 36.1 Å². The normalized spacial score (nSPS) is 13.0. The molecule has 0 aliphatic heterocycles. The molecule has 9 nitrogen and oxygen atoms in total. The van der Waals surface area contributed by atoms with Gasteiger partial charge in [0.25, 0.3) is 5.69 Å². The summed E-state index contributed by atoms with van der Waals surface area (Å²) in [4.78, 5) is 35.5. The molecule has 2 amide bonds. The van der Waals surface area contributed by atoms with E-state index in [0.29, 0.717) is 16.1 Å². The maximum atomic E-state index is 12.2. The number of non-ortho nitro benzene ring substituents is 1. The van der Waals surface area contributed by atoms with Crippen molar-refractivity contribution in [3.63, 3.8) is 0 Å². The lowest BCUT2D eigenvalue weighted by Gasteiger charge is -2.11. The van der Waals surface area contributed by atoms with Crippen molar-refractivity contribution < 1.29 is 19.2 Å². The van der Waals surface area contributed by atoms with E-state index in [1.54, 1.807) is 0 Å². The van der Waals surface area contributed by atoms with E-state index < -0.39 is 16.9 Å². The minimum absolute atomic E-state index is 0.0279. The molecule has 0 atom stereocenters. The van der Waals surface area contributed by atoms with Gasteiger partial charge in [0.2, 0.25) is 0 Å². The van der Waals surface area contributed by atoms with Gasteiger partial charge in [-0.2, -0.15) is 5.10 Å². The Hall–Kier alpha value is -3.27. The van der Waals surface area contributed by atoms with Gasteiger partial charge in [-0.15, -0.1) is 11.3 Å². The summed E-state index contributed by atoms with van der Waals surface area (Å²) >= 11 is 1.38. The fourth-order valence-electron chi connectivity index (χ4n) is 2.95. The summed E-state index contributed by atoms with van der Waals surface area (Å²) in [6, 6.07) is 5.13. The van der Waals surface area contributed by atoms with Crippen molar-refractivity contribution in [2.75, 3.05) is 12.4 Å². The average molecular weight is 402 g/mol. The zero-order valence-electron chi connectivity index (χ0n) is 15.1. The monoisotopic (exact) mass is 402 g/mol. The van der Waals surface area contributed by atoms with Gasteiger partial charge in [-0.05, 0) is 48.9 Å². The highest BCUT2D eigenvalue weighted by atomic mass is 32.1. The SMILES string of the molecule is COC(=O)c1c(NC(=O)NN=Cc2ccc([N+](=O)[O-])cc2)sc2c1CCCC2. The smallest absolute Gasteiger partial charge is 0.341 e. The summed E-state index contributed by atoms with van der Waals surface area (Å²) in [5.41, 5.74) is 4.25. The molecule has 0 saturated carbocycles. The maximum Gasteiger partial charge on any atom is 0.341 e. The number of carbonyl (C=O) groups is 2. The van der Waals surface area contributed by atoms with Crippen LogP contribution in [0, 0.1) is 10.1 Å². The molecule has 1 heterocycles. The minimum atomic E-state index is -0.595. The maximum absolute atomic E-state index is 12.2. The van der Waals surface area contributed by atoms with Gasteiger partial charge in [0.05, 0.1) is 23.8 Å². The Labute approximate surface area is 164 Å². The van der Waals surface area contributed by atoms with Crippen LogP contribution < -0.4 is 10.7 Å². The summed E-state index contributed by atoms with van der Waals surface area (Å²) in [5, 5.41) is 17.6. The number of carbonyl (C=O) groups excluding carboxylic acids is 2. The standard InChI is InChI=1S/C18H18N4O5S/c1-27-17(23)15-13-4-2-3-5-14(13)28-16(15)20-18(24)21-19-10-11-6-8-12(9-7-11)22(25)26/h6-10H,2-5H2,1H3,(H2,20,21,24). The second-order valence-corrected chi connectivity index (χ2v) is 7.18. The average Bonchev–Trinajstić information content (AvgIpc) is 3.05. The van der Waals surface area contributed by atoms with Crippen molar-refractivity contribution in [1.82, 2.24) is 5.43 Å². The molecular weight excluding hydrogens is 384 g/mol. The number of ether oxygens (including phenoxy) is 1. The second-order valence-electron chi connectivity index (χ2n) is 6.08. The van der Waals surface area contributed by atoms with Crippen LogP contribution in [0.3, 0.4) is 0 Å². The third kappa shape index (κ3) is 4.34. The molecular formula is C18H18N4O5S. The first kappa shape index (κ1) is 19.5. The van der Waals surface area contributed by atoms with Crippen molar-refractivity contribution in [2.24, 2.45) is 5.10 Å². The highest BCUT2D eigenvalue weighted by Gasteiger charge is 2.26. The number of nitro benzene ring substituents is 1. The highest BCUT2D eigenvalue weighted by molar-refractivity contribution is 7.17. The molecule has 0 saturated heterocycles. The molecule has 1 aliphatic rings. The predicted molar refractivity (Wildman–Crippen MR) is 105 cm³/mol. The molecule has 146 valence electrons. The number of benzene rings is 1. The molecule has 1 aromatic heterocycles. The fourth-order valence-corrected chi connectivity index (χ4v) is 4.22. The van der Waals surface area contributed by atoms with Gasteiger partial charge in [-0.3, -0.25) is 15.4 Å². The largest absolute Gasteiger partial charge is 0.465 e. The molecule has 0 radical (unpaired) electrons. The lowest BCUT2D eigenvalue weighted by atomic mass is 9.95. The summed E-state index contributed by atoms with van der Waals surface area (Å²) in [6.45, 7) is 0. The summed E-state index contributed by atoms with van der Waals surface area (Å²) < 4.78 is 4.87. The number of amides is 2. The number of hydrogen-bond donors (Lipinski definition) is 2. The molecule has 1 aliphatic carbocycles. The number of nitro groups is 1. The van der Waals surface area contributed by atoms with Crippen LogP contribution in [-0.2, 0) is 17.6 Å². The van der Waals surface area contributed by atoms with Gasteiger partial charge in [0, 0.05) is 17.0 Å². The summed E-state index contributed by atoms with van der Waals surface area (Å²) in [5.74, 6) is -0.468. The Morgan fingerprint density at radius 1 is 1.25 bits per heavy atom. The molecule has 10 heteroatoms. The molecule has 1 aromatic carbocycles. The Morgan fingerprint density at radius 3 is 2.64 bits per heavy atom. The number of fused-ring (bicyclic) bond motifs is 1. The van der Waals surface area contributed by atoms with E-state index >= 15 is 0 Å². The number of hydrazone groups is 1. The van der Waals surface area contributed by atoms with Crippen LogP contribution in [-0.4, -0.2) is 30.2 Å². The minimum Gasteiger partial charge on any atom is -0.465 e. The third-order valence-corrected chi connectivity index (χ3v) is 5.48. The topological polar surface area (TPSA) is 123 Å². The van der Waals surface area contributed by atoms with Crippen molar-refractivity contribution >= 4 is 40.2 Å². The number of esters is 1. The Bertz CT molecular complexity index is 936. The van der Waals surface area contributed by atoms with Crippen LogP contribution in [0.15, 0.2) is 29.4 Å². The van der Waals surface area contributed by atoms with Crippen LogP contribution in [0.4, 0.5) is 15.5 Å². The van der Waals surface area contributed by atoms with Crippen LogP contribution in [0.1, 0.15) is 39.2 Å². The van der Waals surface area contributed by atoms with E-state index in [1.807, 2.05) is 0 Å². The predicted octanol–water partition coefficient (Wildman–Crippen LogP) is 3.48. The molecule has 28 heavy (non-hydrogen) atoms. The Kier molecular flexibility index (Phi) is 5.99. The van der Waals surface area contributed by atoms with Gasteiger partial charge in [0.15, 0.2) is 0 Å². The van der Waals surface area contributed by atoms with E-state index in [9.17, 15) is 19.7 Å². The lowest BCUT2D eigenvalue weighted by Crippen LogP contribution is -2.24. The first-order valence-corrected chi connectivity index (χ1v) is 9.38. The molecule has 2 N–H and O–H groups in total. The zero-order valence-corrected chi connectivity index (χ0v) is 15.9. The first-order chi connectivity index (χ1) is 13.5. The molecule has 0 bridgehead atoms. The molecule has 0 fully saturated rings. The van der Waals surface area contributed by atoms with Crippen LogP contribution in [0.5, 0.6) is 0 Å². The number of nitrogens with one attached hydrogen (secondary N) is 2. The van der Waals surface area contributed by atoms with E-state index in [4.69, 9.17) is 4.74 Å². The Morgan fingerprint density at radius 2 is 1.96 bits per heavy atom. The van der Waals surface area contributed by atoms with E-state index in [1.165, 1.54) is 48.9 Å². The van der Waals surface area contributed by atoms with Crippen molar-refractivity contribution in [3.05, 3.63) is 55.9 Å². The molecule has 3 rings (SSSR count). The molecule has 2 aromatic rings. The van der Waals surface area contributed by atoms with Gasteiger partial charge in [0.1, 0.15) is 5.00 Å². The number of hydrogen-bond acceptors (Lipinski definition) is 7. The van der Waals surface area contributed by atoms with Crippen LogP contribution in [0.2, 0.25) is 0 Å². The second kappa shape index (κ2) is 8.61. The molecule has 0 spiro atoms. The van der Waals surface area contributed by atoms with Gasteiger partial charge < -0.3 is 4.74 Å². The summed E-state index contributed by atoms with van der Waals surface area (Å²) in [7, 11) is 1.31. The van der Waals surface area contributed by atoms with Gasteiger partial charge >= 0.3 is 12.0 Å². The van der Waals surface area contributed by atoms with E-state index in [-0.39, 0.29) is 5.69 Å².